The molecule has 5 aliphatic rings. The Hall–Kier alpha value is -2.15. The number of hydrogen-bond acceptors (Lipinski definition) is 5. The minimum Gasteiger partial charge on any atom is -0.481 e. The first-order chi connectivity index (χ1) is 14.8. The zero-order chi connectivity index (χ0) is 21.8. The van der Waals surface area contributed by atoms with Gasteiger partial charge in [-0.25, -0.2) is 4.98 Å². The average molecular weight is 427 g/mol. The van der Waals surface area contributed by atoms with Crippen LogP contribution in [0.15, 0.2) is 24.4 Å². The third kappa shape index (κ3) is 3.51. The van der Waals surface area contributed by atoms with E-state index in [4.69, 9.17) is 0 Å². The lowest BCUT2D eigenvalue weighted by Crippen LogP contribution is -2.66. The van der Waals surface area contributed by atoms with Crippen molar-refractivity contribution in [2.45, 2.75) is 57.5 Å². The quantitative estimate of drug-likeness (QED) is 0.752. The number of carboxylic acid groups (broad SMARTS) is 1. The lowest BCUT2D eigenvalue weighted by atomic mass is 9.48. The molecule has 168 valence electrons. The summed E-state index contributed by atoms with van der Waals surface area (Å²) >= 11 is 0. The lowest BCUT2D eigenvalue weighted by molar-refractivity contribution is -0.168. The van der Waals surface area contributed by atoms with E-state index in [2.05, 4.69) is 20.1 Å². The molecule has 1 aromatic heterocycles. The van der Waals surface area contributed by atoms with Crippen molar-refractivity contribution >= 4 is 17.7 Å². The molecule has 4 saturated carbocycles. The first kappa shape index (κ1) is 20.7. The van der Waals surface area contributed by atoms with Crippen molar-refractivity contribution in [1.29, 1.82) is 0 Å². The molecule has 1 aromatic rings. The number of pyridine rings is 1. The standard InChI is InChI=1S/C24H34N4O3/c1-23(2,28-9-7-27(8-10-28)19-5-3-4-6-25-19)21(29)26-20-17-11-16-12-18(20)15-24(13-16,14-17)22(30)31/h3-6,16-18,20H,7-15H2,1-2H3,(H,26,29)(H,30,31). The van der Waals surface area contributed by atoms with Crippen LogP contribution in [0.1, 0.15) is 46.0 Å². The molecule has 2 heterocycles. The number of piperazine rings is 1. The summed E-state index contributed by atoms with van der Waals surface area (Å²) in [6.07, 6.45) is 6.24. The van der Waals surface area contributed by atoms with Gasteiger partial charge in [0.1, 0.15) is 5.82 Å². The second kappa shape index (κ2) is 7.47. The number of rotatable bonds is 5. The Bertz CT molecular complexity index is 834. The predicted octanol–water partition coefficient (Wildman–Crippen LogP) is 2.38. The number of aliphatic carboxylic acids is 1. The Morgan fingerprint density at radius 3 is 2.35 bits per heavy atom. The van der Waals surface area contributed by atoms with E-state index in [-0.39, 0.29) is 11.9 Å². The molecule has 7 nitrogen and oxygen atoms in total. The number of aromatic nitrogens is 1. The van der Waals surface area contributed by atoms with Gasteiger partial charge in [-0.3, -0.25) is 14.5 Å². The van der Waals surface area contributed by atoms with Gasteiger partial charge in [0.25, 0.3) is 0 Å². The highest BCUT2D eigenvalue weighted by molar-refractivity contribution is 5.86. The number of anilines is 1. The van der Waals surface area contributed by atoms with Crippen LogP contribution < -0.4 is 10.2 Å². The molecule has 4 bridgehead atoms. The van der Waals surface area contributed by atoms with E-state index in [1.807, 2.05) is 38.2 Å². The van der Waals surface area contributed by atoms with Crippen LogP contribution in [0, 0.1) is 23.2 Å². The van der Waals surface area contributed by atoms with Gasteiger partial charge in [0.05, 0.1) is 11.0 Å². The molecule has 0 spiro atoms. The van der Waals surface area contributed by atoms with E-state index < -0.39 is 16.9 Å². The highest BCUT2D eigenvalue weighted by Crippen LogP contribution is 2.60. The predicted molar refractivity (Wildman–Crippen MR) is 118 cm³/mol. The fraction of sp³-hybridized carbons (Fsp3) is 0.708. The maximum absolute atomic E-state index is 13.4. The van der Waals surface area contributed by atoms with Gasteiger partial charge in [-0.05, 0) is 75.8 Å². The van der Waals surface area contributed by atoms with Crippen molar-refractivity contribution < 1.29 is 14.7 Å². The molecule has 2 atom stereocenters. The summed E-state index contributed by atoms with van der Waals surface area (Å²) < 4.78 is 0. The maximum Gasteiger partial charge on any atom is 0.309 e. The molecule has 1 saturated heterocycles. The molecule has 7 heteroatoms. The summed E-state index contributed by atoms with van der Waals surface area (Å²) in [7, 11) is 0. The largest absolute Gasteiger partial charge is 0.481 e. The molecule has 2 N–H and O–H groups in total. The van der Waals surface area contributed by atoms with Crippen LogP contribution in [-0.4, -0.2) is 64.6 Å². The summed E-state index contributed by atoms with van der Waals surface area (Å²) in [5.41, 5.74) is -1.12. The van der Waals surface area contributed by atoms with Gasteiger partial charge < -0.3 is 15.3 Å². The van der Waals surface area contributed by atoms with Gasteiger partial charge in [0.15, 0.2) is 0 Å². The first-order valence-corrected chi connectivity index (χ1v) is 11.7. The molecule has 0 radical (unpaired) electrons. The van der Waals surface area contributed by atoms with E-state index in [0.717, 1.165) is 64.1 Å². The Morgan fingerprint density at radius 1 is 1.10 bits per heavy atom. The topological polar surface area (TPSA) is 85.8 Å². The molecule has 1 aliphatic heterocycles. The second-order valence-electron chi connectivity index (χ2n) is 10.8. The maximum atomic E-state index is 13.4. The van der Waals surface area contributed by atoms with E-state index >= 15 is 0 Å². The number of carbonyl (C=O) groups is 2. The molecule has 4 aliphatic carbocycles. The number of hydrogen-bond donors (Lipinski definition) is 2. The van der Waals surface area contributed by atoms with Gasteiger partial charge in [0, 0.05) is 38.4 Å². The molecule has 31 heavy (non-hydrogen) atoms. The minimum absolute atomic E-state index is 0.0839. The first-order valence-electron chi connectivity index (χ1n) is 11.7. The fourth-order valence-corrected chi connectivity index (χ4v) is 7.03. The second-order valence-corrected chi connectivity index (χ2v) is 10.8. The number of amides is 1. The number of carboxylic acids is 1. The SMILES string of the molecule is CC(C)(C(=O)NC1C2CC3CC1CC(C(=O)O)(C3)C2)N1CCN(c2ccccn2)CC1. The van der Waals surface area contributed by atoms with Gasteiger partial charge >= 0.3 is 5.97 Å². The summed E-state index contributed by atoms with van der Waals surface area (Å²) in [6, 6.07) is 6.09. The van der Waals surface area contributed by atoms with Gasteiger partial charge in [-0.2, -0.15) is 0 Å². The van der Waals surface area contributed by atoms with Crippen LogP contribution in [0.5, 0.6) is 0 Å². The molecule has 2 unspecified atom stereocenters. The van der Waals surface area contributed by atoms with E-state index in [0.29, 0.717) is 17.8 Å². The molecule has 1 amide bonds. The zero-order valence-electron chi connectivity index (χ0n) is 18.6. The van der Waals surface area contributed by atoms with Crippen molar-refractivity contribution in [1.82, 2.24) is 15.2 Å². The van der Waals surface area contributed by atoms with Crippen molar-refractivity contribution in [3.05, 3.63) is 24.4 Å². The Labute approximate surface area is 184 Å². The summed E-state index contributed by atoms with van der Waals surface area (Å²) in [5, 5.41) is 13.2. The molecule has 6 rings (SSSR count). The number of nitrogens with zero attached hydrogens (tertiary/aromatic N) is 3. The van der Waals surface area contributed by atoms with Crippen molar-refractivity contribution in [3.63, 3.8) is 0 Å². The fourth-order valence-electron chi connectivity index (χ4n) is 7.03. The number of carbonyl (C=O) groups excluding carboxylic acids is 1. The van der Waals surface area contributed by atoms with Crippen LogP contribution in [-0.2, 0) is 9.59 Å². The van der Waals surface area contributed by atoms with Crippen LogP contribution in [0.3, 0.4) is 0 Å². The zero-order valence-corrected chi connectivity index (χ0v) is 18.6. The third-order valence-electron chi connectivity index (χ3n) is 8.62. The lowest BCUT2D eigenvalue weighted by Gasteiger charge is -2.58. The molecular formula is C24H34N4O3. The van der Waals surface area contributed by atoms with Crippen LogP contribution in [0.4, 0.5) is 5.82 Å². The van der Waals surface area contributed by atoms with Crippen molar-refractivity contribution in [3.8, 4) is 0 Å². The van der Waals surface area contributed by atoms with E-state index in [1.54, 1.807) is 0 Å². The normalized spacial score (nSPS) is 35.2. The van der Waals surface area contributed by atoms with Gasteiger partial charge in [-0.1, -0.05) is 6.07 Å². The summed E-state index contributed by atoms with van der Waals surface area (Å²) in [5.74, 6) is 1.59. The van der Waals surface area contributed by atoms with Crippen molar-refractivity contribution in [2.75, 3.05) is 31.1 Å². The van der Waals surface area contributed by atoms with E-state index in [9.17, 15) is 14.7 Å². The summed E-state index contributed by atoms with van der Waals surface area (Å²) in [4.78, 5) is 34.4. The van der Waals surface area contributed by atoms with Crippen LogP contribution in [0.25, 0.3) is 0 Å². The average Bonchev–Trinajstić information content (AvgIpc) is 2.76. The highest BCUT2D eigenvalue weighted by atomic mass is 16.4. The van der Waals surface area contributed by atoms with Crippen LogP contribution in [0.2, 0.25) is 0 Å². The Morgan fingerprint density at radius 2 is 1.77 bits per heavy atom. The van der Waals surface area contributed by atoms with Crippen LogP contribution >= 0.6 is 0 Å². The molecule has 0 aromatic carbocycles. The monoisotopic (exact) mass is 426 g/mol. The Balaban J connectivity index is 1.22. The smallest absolute Gasteiger partial charge is 0.309 e. The molecule has 5 fully saturated rings. The molecular weight excluding hydrogens is 392 g/mol. The Kier molecular flexibility index (Phi) is 5.00. The number of nitrogens with one attached hydrogen (secondary N) is 1. The van der Waals surface area contributed by atoms with E-state index in [1.165, 1.54) is 0 Å². The summed E-state index contributed by atoms with van der Waals surface area (Å²) in [6.45, 7) is 7.38. The van der Waals surface area contributed by atoms with Gasteiger partial charge in [-0.15, -0.1) is 0 Å². The third-order valence-corrected chi connectivity index (χ3v) is 8.62. The highest BCUT2D eigenvalue weighted by Gasteiger charge is 2.59. The minimum atomic E-state index is -0.622. The van der Waals surface area contributed by atoms with Crippen molar-refractivity contribution in [2.24, 2.45) is 23.2 Å². The van der Waals surface area contributed by atoms with Gasteiger partial charge in [0.2, 0.25) is 5.91 Å².